The molecule has 0 spiro atoms. The fourth-order valence-electron chi connectivity index (χ4n) is 4.41. The summed E-state index contributed by atoms with van der Waals surface area (Å²) in [4.78, 5) is 74.9. The summed E-state index contributed by atoms with van der Waals surface area (Å²) < 4.78 is 5.18. The molecule has 0 heterocycles. The van der Waals surface area contributed by atoms with Crippen LogP contribution >= 0.6 is 0 Å². The lowest BCUT2D eigenvalue weighted by Gasteiger charge is -2.28. The van der Waals surface area contributed by atoms with Gasteiger partial charge in [0.15, 0.2) is 0 Å². The molecule has 1 aromatic carbocycles. The second kappa shape index (κ2) is 21.4. The summed E-state index contributed by atoms with van der Waals surface area (Å²) in [7, 11) is 0. The van der Waals surface area contributed by atoms with Crippen LogP contribution in [0, 0.1) is 11.8 Å². The normalized spacial score (nSPS) is 13.5. The number of carboxylic acids is 1. The first-order chi connectivity index (χ1) is 21.8. The quantitative estimate of drug-likeness (QED) is 0.0888. The number of hydrogen-bond donors (Lipinski definition) is 8. The van der Waals surface area contributed by atoms with E-state index in [-0.39, 0.29) is 31.9 Å². The average Bonchev–Trinajstić information content (AvgIpc) is 2.99. The number of benzene rings is 1. The summed E-state index contributed by atoms with van der Waals surface area (Å²) in [5, 5.41) is 22.3. The van der Waals surface area contributed by atoms with E-state index in [1.54, 1.807) is 27.7 Å². The van der Waals surface area contributed by atoms with Gasteiger partial charge in [0, 0.05) is 6.54 Å². The van der Waals surface area contributed by atoms with Crippen molar-refractivity contribution in [3.63, 3.8) is 0 Å². The SMILES string of the molecule is CC(C)[C@H](NC(=O)[C@@H](NC(=O)[C@@H](CCCCNC(=O)OCc1ccccc1)NC(=O)N[C@@H](CCCCN)C(=O)O)C(C)C)C(N)=O. The van der Waals surface area contributed by atoms with E-state index in [0.717, 1.165) is 5.56 Å². The molecule has 15 heteroatoms. The Morgan fingerprint density at radius 1 is 0.761 bits per heavy atom. The number of primary amides is 1. The number of carbonyl (C=O) groups is 6. The lowest BCUT2D eigenvalue weighted by atomic mass is 9.99. The average molecular weight is 650 g/mol. The van der Waals surface area contributed by atoms with E-state index >= 15 is 0 Å². The molecule has 1 aromatic rings. The minimum absolute atomic E-state index is 0.104. The van der Waals surface area contributed by atoms with Crippen LogP contribution in [-0.2, 0) is 30.5 Å². The minimum Gasteiger partial charge on any atom is -0.480 e. The van der Waals surface area contributed by atoms with E-state index in [1.807, 2.05) is 30.3 Å². The van der Waals surface area contributed by atoms with Crippen LogP contribution < -0.4 is 38.1 Å². The summed E-state index contributed by atoms with van der Waals surface area (Å²) in [6.07, 6.45) is 1.50. The molecule has 258 valence electrons. The van der Waals surface area contributed by atoms with Crippen LogP contribution in [0.5, 0.6) is 0 Å². The zero-order chi connectivity index (χ0) is 34.6. The number of nitrogens with two attached hydrogens (primary N) is 2. The molecule has 6 amide bonds. The number of urea groups is 1. The maximum Gasteiger partial charge on any atom is 0.407 e. The molecule has 0 radical (unpaired) electrons. The van der Waals surface area contributed by atoms with Crippen LogP contribution in [0.3, 0.4) is 0 Å². The van der Waals surface area contributed by atoms with Crippen LogP contribution in [-0.4, -0.2) is 78.2 Å². The van der Waals surface area contributed by atoms with E-state index in [4.69, 9.17) is 16.2 Å². The molecule has 46 heavy (non-hydrogen) atoms. The molecule has 0 bridgehead atoms. The van der Waals surface area contributed by atoms with E-state index in [9.17, 15) is 33.9 Å². The zero-order valence-corrected chi connectivity index (χ0v) is 27.2. The lowest BCUT2D eigenvalue weighted by molar-refractivity contribution is -0.139. The highest BCUT2D eigenvalue weighted by molar-refractivity contribution is 5.94. The smallest absolute Gasteiger partial charge is 0.407 e. The molecule has 0 aromatic heterocycles. The third-order valence-corrected chi connectivity index (χ3v) is 7.09. The fourth-order valence-corrected chi connectivity index (χ4v) is 4.41. The second-order valence-corrected chi connectivity index (χ2v) is 11.7. The van der Waals surface area contributed by atoms with Gasteiger partial charge in [-0.05, 0) is 62.5 Å². The summed E-state index contributed by atoms with van der Waals surface area (Å²) in [6, 6.07) is 3.93. The van der Waals surface area contributed by atoms with Crippen molar-refractivity contribution < 1.29 is 38.6 Å². The summed E-state index contributed by atoms with van der Waals surface area (Å²) in [5.74, 6) is -3.94. The number of amides is 6. The van der Waals surface area contributed by atoms with E-state index in [0.29, 0.717) is 32.2 Å². The molecule has 1 rings (SSSR count). The third-order valence-electron chi connectivity index (χ3n) is 7.09. The van der Waals surface area contributed by atoms with Crippen LogP contribution in [0.2, 0.25) is 0 Å². The maximum atomic E-state index is 13.4. The molecule has 0 aliphatic rings. The molecule has 0 aliphatic carbocycles. The lowest BCUT2D eigenvalue weighted by Crippen LogP contribution is -2.59. The first kappa shape index (κ1) is 39.6. The first-order valence-corrected chi connectivity index (χ1v) is 15.6. The fraction of sp³-hybridized carbons (Fsp3) is 0.613. The summed E-state index contributed by atoms with van der Waals surface area (Å²) in [6.45, 7) is 7.56. The van der Waals surface area contributed by atoms with E-state index in [1.165, 1.54) is 0 Å². The minimum atomic E-state index is -1.23. The zero-order valence-electron chi connectivity index (χ0n) is 27.2. The Labute approximate surface area is 270 Å². The topological polar surface area (TPSA) is 244 Å². The number of nitrogens with one attached hydrogen (secondary N) is 5. The highest BCUT2D eigenvalue weighted by Crippen LogP contribution is 2.09. The van der Waals surface area contributed by atoms with Gasteiger partial charge in [-0.25, -0.2) is 14.4 Å². The number of alkyl carbamates (subject to hydrolysis) is 1. The third kappa shape index (κ3) is 15.5. The van der Waals surface area contributed by atoms with Gasteiger partial charge < -0.3 is 47.9 Å². The van der Waals surface area contributed by atoms with Crippen molar-refractivity contribution in [2.45, 2.75) is 97.0 Å². The molecule has 10 N–H and O–H groups in total. The van der Waals surface area contributed by atoms with Crippen LogP contribution in [0.15, 0.2) is 30.3 Å². The molecule has 0 fully saturated rings. The first-order valence-electron chi connectivity index (χ1n) is 15.6. The number of rotatable bonds is 21. The van der Waals surface area contributed by atoms with Gasteiger partial charge in [0.1, 0.15) is 30.8 Å². The molecule has 4 atom stereocenters. The number of carbonyl (C=O) groups excluding carboxylic acids is 5. The van der Waals surface area contributed by atoms with Gasteiger partial charge in [0.2, 0.25) is 17.7 Å². The van der Waals surface area contributed by atoms with Gasteiger partial charge in [-0.2, -0.15) is 0 Å². The van der Waals surface area contributed by atoms with Gasteiger partial charge in [0.25, 0.3) is 0 Å². The molecule has 0 saturated heterocycles. The predicted octanol–water partition coefficient (Wildman–Crippen LogP) is 1.10. The van der Waals surface area contributed by atoms with Gasteiger partial charge in [-0.15, -0.1) is 0 Å². The largest absolute Gasteiger partial charge is 0.480 e. The molecular weight excluding hydrogens is 598 g/mol. The highest BCUT2D eigenvalue weighted by Gasteiger charge is 2.32. The van der Waals surface area contributed by atoms with E-state index in [2.05, 4.69) is 26.6 Å². The van der Waals surface area contributed by atoms with Crippen molar-refractivity contribution in [1.29, 1.82) is 0 Å². The molecule has 0 saturated carbocycles. The Morgan fingerprint density at radius 2 is 1.33 bits per heavy atom. The van der Waals surface area contributed by atoms with Crippen molar-refractivity contribution in [2.75, 3.05) is 13.1 Å². The number of ether oxygens (including phenoxy) is 1. The van der Waals surface area contributed by atoms with Crippen LogP contribution in [0.4, 0.5) is 9.59 Å². The van der Waals surface area contributed by atoms with Crippen molar-refractivity contribution in [3.8, 4) is 0 Å². The number of unbranched alkanes of at least 4 members (excludes halogenated alkanes) is 2. The predicted molar refractivity (Wildman–Crippen MR) is 171 cm³/mol. The molecule has 0 unspecified atom stereocenters. The van der Waals surface area contributed by atoms with E-state index < -0.39 is 65.9 Å². The molecule has 0 aliphatic heterocycles. The monoisotopic (exact) mass is 649 g/mol. The highest BCUT2D eigenvalue weighted by atomic mass is 16.5. The second-order valence-electron chi connectivity index (χ2n) is 11.7. The Hall–Kier alpha value is -4.40. The van der Waals surface area contributed by atoms with Gasteiger partial charge in [-0.3, -0.25) is 14.4 Å². The Bertz CT molecular complexity index is 1130. The molecular formula is C31H51N7O8. The summed E-state index contributed by atoms with van der Waals surface area (Å²) in [5.41, 5.74) is 11.7. The Morgan fingerprint density at radius 3 is 1.89 bits per heavy atom. The van der Waals surface area contributed by atoms with Crippen molar-refractivity contribution in [1.82, 2.24) is 26.6 Å². The molecule has 15 nitrogen and oxygen atoms in total. The maximum absolute atomic E-state index is 13.4. The number of carboxylic acid groups (broad SMARTS) is 1. The summed E-state index contributed by atoms with van der Waals surface area (Å²) >= 11 is 0. The standard InChI is InChI=1S/C31H51N7O8/c1-19(2)24(26(33)39)37-28(41)25(20(3)4)38-27(40)22(35-30(44)36-23(29(42)43)15-8-10-16-32)14-9-11-17-34-31(45)46-18-21-12-6-5-7-13-21/h5-7,12-13,19-20,22-25H,8-11,14-18,32H2,1-4H3,(H2,33,39)(H,34,45)(H,37,41)(H,38,40)(H,42,43)(H2,35,36,44)/t22-,23+,24+,25+/m1/s1. The number of hydrogen-bond acceptors (Lipinski definition) is 8. The Balaban J connectivity index is 2.90. The van der Waals surface area contributed by atoms with Crippen LogP contribution in [0.1, 0.15) is 71.8 Å². The van der Waals surface area contributed by atoms with Crippen molar-refractivity contribution >= 4 is 35.8 Å². The van der Waals surface area contributed by atoms with Crippen LogP contribution in [0.25, 0.3) is 0 Å². The van der Waals surface area contributed by atoms with Gasteiger partial charge >= 0.3 is 18.1 Å². The van der Waals surface area contributed by atoms with Crippen molar-refractivity contribution in [3.05, 3.63) is 35.9 Å². The number of aliphatic carboxylic acids is 1. The van der Waals surface area contributed by atoms with Gasteiger partial charge in [-0.1, -0.05) is 58.0 Å². The van der Waals surface area contributed by atoms with Crippen molar-refractivity contribution in [2.24, 2.45) is 23.3 Å². The van der Waals surface area contributed by atoms with Gasteiger partial charge in [0.05, 0.1) is 0 Å². The Kier molecular flexibility index (Phi) is 18.4.